The van der Waals surface area contributed by atoms with Gasteiger partial charge in [0.15, 0.2) is 0 Å². The van der Waals surface area contributed by atoms with E-state index in [1.165, 1.54) is 0 Å². The Balaban J connectivity index is 2.44. The van der Waals surface area contributed by atoms with Gasteiger partial charge < -0.3 is 5.32 Å². The SMILES string of the molecule is CCCNC(c1ccnnc1)c1ccc(Br)c(Cl)c1F. The summed E-state index contributed by atoms with van der Waals surface area (Å²) in [4.78, 5) is 0. The molecule has 0 saturated carbocycles. The van der Waals surface area contributed by atoms with Gasteiger partial charge in [-0.25, -0.2) is 4.39 Å². The molecule has 0 aliphatic rings. The van der Waals surface area contributed by atoms with Crippen molar-refractivity contribution < 1.29 is 4.39 Å². The van der Waals surface area contributed by atoms with Crippen molar-refractivity contribution in [3.05, 3.63) is 57.0 Å². The first kappa shape index (κ1) is 15.4. The second kappa shape index (κ2) is 7.11. The molecule has 106 valence electrons. The van der Waals surface area contributed by atoms with Crippen molar-refractivity contribution in [2.75, 3.05) is 6.54 Å². The maximum Gasteiger partial charge on any atom is 0.148 e. The number of nitrogens with one attached hydrogen (secondary N) is 1. The molecule has 2 aromatic rings. The maximum absolute atomic E-state index is 14.4. The zero-order chi connectivity index (χ0) is 14.5. The molecule has 0 radical (unpaired) electrons. The first-order chi connectivity index (χ1) is 9.65. The summed E-state index contributed by atoms with van der Waals surface area (Å²) >= 11 is 9.19. The highest BCUT2D eigenvalue weighted by atomic mass is 79.9. The Bertz CT molecular complexity index is 580. The van der Waals surface area contributed by atoms with Gasteiger partial charge in [0.05, 0.1) is 17.3 Å². The van der Waals surface area contributed by atoms with Gasteiger partial charge in [0.2, 0.25) is 0 Å². The fourth-order valence-corrected chi connectivity index (χ4v) is 2.41. The van der Waals surface area contributed by atoms with Gasteiger partial charge in [0.1, 0.15) is 5.82 Å². The van der Waals surface area contributed by atoms with Gasteiger partial charge in [0, 0.05) is 16.2 Å². The fraction of sp³-hybridized carbons (Fsp3) is 0.286. The van der Waals surface area contributed by atoms with E-state index < -0.39 is 5.82 Å². The minimum atomic E-state index is -0.425. The van der Waals surface area contributed by atoms with E-state index in [2.05, 4.69) is 38.4 Å². The standard InChI is InChI=1S/C14H14BrClFN3/c1-2-6-18-14(9-5-7-19-20-8-9)10-3-4-11(15)12(16)13(10)17/h3-5,7-8,14,18H,2,6H2,1H3. The van der Waals surface area contributed by atoms with Crippen LogP contribution in [-0.4, -0.2) is 16.7 Å². The Labute approximate surface area is 130 Å². The minimum absolute atomic E-state index is 0.0906. The first-order valence-corrected chi connectivity index (χ1v) is 7.45. The Morgan fingerprint density at radius 2 is 2.15 bits per heavy atom. The molecule has 0 amide bonds. The summed E-state index contributed by atoms with van der Waals surface area (Å²) in [6.45, 7) is 2.82. The minimum Gasteiger partial charge on any atom is -0.306 e. The van der Waals surface area contributed by atoms with Crippen LogP contribution in [-0.2, 0) is 0 Å². The molecule has 0 saturated heterocycles. The predicted octanol–water partition coefficient (Wildman–Crippen LogP) is 4.12. The summed E-state index contributed by atoms with van der Waals surface area (Å²) in [6, 6.07) is 4.99. The van der Waals surface area contributed by atoms with Gasteiger partial charge in [-0.3, -0.25) is 0 Å². The van der Waals surface area contributed by atoms with Crippen LogP contribution in [0.25, 0.3) is 0 Å². The van der Waals surface area contributed by atoms with E-state index in [0.29, 0.717) is 10.0 Å². The van der Waals surface area contributed by atoms with Crippen LogP contribution in [0.1, 0.15) is 30.5 Å². The van der Waals surface area contributed by atoms with Gasteiger partial charge in [0.25, 0.3) is 0 Å². The second-order valence-electron chi connectivity index (χ2n) is 4.33. The van der Waals surface area contributed by atoms with E-state index in [-0.39, 0.29) is 11.1 Å². The van der Waals surface area contributed by atoms with E-state index in [0.717, 1.165) is 18.5 Å². The molecule has 2 rings (SSSR count). The van der Waals surface area contributed by atoms with Crippen molar-refractivity contribution in [3.8, 4) is 0 Å². The maximum atomic E-state index is 14.4. The Kier molecular flexibility index (Phi) is 5.46. The van der Waals surface area contributed by atoms with Gasteiger partial charge in [-0.2, -0.15) is 10.2 Å². The van der Waals surface area contributed by atoms with Crippen LogP contribution in [0.2, 0.25) is 5.02 Å². The Morgan fingerprint density at radius 3 is 2.80 bits per heavy atom. The number of rotatable bonds is 5. The Morgan fingerprint density at radius 1 is 1.35 bits per heavy atom. The molecule has 1 aromatic carbocycles. The van der Waals surface area contributed by atoms with Crippen LogP contribution in [0, 0.1) is 5.82 Å². The second-order valence-corrected chi connectivity index (χ2v) is 5.56. The molecular weight excluding hydrogens is 345 g/mol. The van der Waals surface area contributed by atoms with E-state index in [4.69, 9.17) is 11.6 Å². The third-order valence-electron chi connectivity index (χ3n) is 2.91. The van der Waals surface area contributed by atoms with Crippen molar-refractivity contribution in [1.29, 1.82) is 0 Å². The van der Waals surface area contributed by atoms with Crippen LogP contribution in [0.3, 0.4) is 0 Å². The zero-order valence-corrected chi connectivity index (χ0v) is 13.2. The van der Waals surface area contributed by atoms with Gasteiger partial charge in [-0.05, 0) is 46.6 Å². The number of aromatic nitrogens is 2. The molecule has 0 fully saturated rings. The highest BCUT2D eigenvalue weighted by Gasteiger charge is 2.20. The lowest BCUT2D eigenvalue weighted by Gasteiger charge is -2.20. The molecule has 0 aliphatic heterocycles. The lowest BCUT2D eigenvalue weighted by atomic mass is 10.00. The van der Waals surface area contributed by atoms with Crippen molar-refractivity contribution >= 4 is 27.5 Å². The summed E-state index contributed by atoms with van der Waals surface area (Å²) in [5, 5.41) is 11.0. The van der Waals surface area contributed by atoms with Crippen LogP contribution in [0.5, 0.6) is 0 Å². The van der Waals surface area contributed by atoms with Crippen molar-refractivity contribution in [3.63, 3.8) is 0 Å². The van der Waals surface area contributed by atoms with E-state index in [1.807, 2.05) is 6.07 Å². The summed E-state index contributed by atoms with van der Waals surface area (Å²) in [7, 11) is 0. The van der Waals surface area contributed by atoms with Crippen molar-refractivity contribution in [2.45, 2.75) is 19.4 Å². The molecular formula is C14H14BrClFN3. The number of nitrogens with zero attached hydrogens (tertiary/aromatic N) is 2. The molecule has 0 aliphatic carbocycles. The third kappa shape index (κ3) is 3.34. The fourth-order valence-electron chi connectivity index (χ4n) is 1.93. The lowest BCUT2D eigenvalue weighted by Crippen LogP contribution is -2.24. The number of hydrogen-bond donors (Lipinski definition) is 1. The van der Waals surface area contributed by atoms with Crippen molar-refractivity contribution in [2.24, 2.45) is 0 Å². The summed E-state index contributed by atoms with van der Waals surface area (Å²) in [6.07, 6.45) is 4.16. The molecule has 6 heteroatoms. The van der Waals surface area contributed by atoms with Crippen LogP contribution >= 0.6 is 27.5 Å². The highest BCUT2D eigenvalue weighted by molar-refractivity contribution is 9.10. The number of halogens is 3. The van der Waals surface area contributed by atoms with Crippen molar-refractivity contribution in [1.82, 2.24) is 15.5 Å². The average molecular weight is 359 g/mol. The topological polar surface area (TPSA) is 37.8 Å². The lowest BCUT2D eigenvalue weighted by molar-refractivity contribution is 0.545. The van der Waals surface area contributed by atoms with E-state index >= 15 is 0 Å². The Hall–Kier alpha value is -1.04. The van der Waals surface area contributed by atoms with E-state index in [9.17, 15) is 4.39 Å². The van der Waals surface area contributed by atoms with Crippen LogP contribution < -0.4 is 5.32 Å². The molecule has 1 unspecified atom stereocenters. The summed E-state index contributed by atoms with van der Waals surface area (Å²) in [5.41, 5.74) is 1.35. The average Bonchev–Trinajstić information content (AvgIpc) is 2.48. The number of hydrogen-bond acceptors (Lipinski definition) is 3. The van der Waals surface area contributed by atoms with Gasteiger partial charge in [-0.1, -0.05) is 24.6 Å². The molecule has 3 nitrogen and oxygen atoms in total. The largest absolute Gasteiger partial charge is 0.306 e. The highest BCUT2D eigenvalue weighted by Crippen LogP contribution is 2.32. The molecule has 0 spiro atoms. The molecule has 1 N–H and O–H groups in total. The molecule has 0 bridgehead atoms. The van der Waals surface area contributed by atoms with Gasteiger partial charge >= 0.3 is 0 Å². The quantitative estimate of drug-likeness (QED) is 0.817. The molecule has 20 heavy (non-hydrogen) atoms. The smallest absolute Gasteiger partial charge is 0.148 e. The first-order valence-electron chi connectivity index (χ1n) is 6.28. The molecule has 1 aromatic heterocycles. The monoisotopic (exact) mass is 357 g/mol. The van der Waals surface area contributed by atoms with Crippen LogP contribution in [0.4, 0.5) is 4.39 Å². The summed E-state index contributed by atoms with van der Waals surface area (Å²) < 4.78 is 14.9. The normalized spacial score (nSPS) is 12.4. The summed E-state index contributed by atoms with van der Waals surface area (Å²) in [5.74, 6) is -0.425. The van der Waals surface area contributed by atoms with Crippen LogP contribution in [0.15, 0.2) is 35.1 Å². The third-order valence-corrected chi connectivity index (χ3v) is 4.17. The zero-order valence-electron chi connectivity index (χ0n) is 10.9. The predicted molar refractivity (Wildman–Crippen MR) is 81.3 cm³/mol. The van der Waals surface area contributed by atoms with Gasteiger partial charge in [-0.15, -0.1) is 0 Å². The van der Waals surface area contributed by atoms with E-state index in [1.54, 1.807) is 24.5 Å². The number of benzene rings is 1. The molecule has 1 atom stereocenters. The molecule has 1 heterocycles.